The number of hydrogen-bond donors (Lipinski definition) is 2. The summed E-state index contributed by atoms with van der Waals surface area (Å²) < 4.78 is 0.930. The molecule has 0 spiro atoms. The van der Waals surface area contributed by atoms with E-state index in [1.165, 1.54) is 6.07 Å². The molecule has 1 heterocycles. The van der Waals surface area contributed by atoms with E-state index in [1.807, 2.05) is 25.1 Å². The third kappa shape index (κ3) is 3.77. The minimum Gasteiger partial charge on any atom is -0.311 e. The molecule has 0 aliphatic heterocycles. The lowest BCUT2D eigenvalue weighted by molar-refractivity contribution is 0.662. The van der Waals surface area contributed by atoms with Gasteiger partial charge in [0.15, 0.2) is 0 Å². The molecule has 0 saturated carbocycles. The van der Waals surface area contributed by atoms with Gasteiger partial charge in [-0.25, -0.2) is 4.98 Å². The monoisotopic (exact) mass is 335 g/mol. The molecule has 0 atom stereocenters. The lowest BCUT2D eigenvalue weighted by Crippen LogP contribution is -2.18. The zero-order valence-corrected chi connectivity index (χ0v) is 13.3. The summed E-state index contributed by atoms with van der Waals surface area (Å²) in [7, 11) is 0. The maximum Gasteiger partial charge on any atom is 0.251 e. The SMILES string of the molecule is CCCNCc1cc(=O)[nH]c(-c2ccc(C)cc2Br)n1. The molecule has 106 valence electrons. The number of H-pyrrole nitrogens is 1. The Balaban J connectivity index is 2.34. The van der Waals surface area contributed by atoms with E-state index < -0.39 is 0 Å². The average molecular weight is 336 g/mol. The van der Waals surface area contributed by atoms with Crippen molar-refractivity contribution in [2.75, 3.05) is 6.54 Å². The fraction of sp³-hybridized carbons (Fsp3) is 0.333. The second-order valence-electron chi connectivity index (χ2n) is 4.75. The van der Waals surface area contributed by atoms with Crippen molar-refractivity contribution in [3.05, 3.63) is 50.3 Å². The van der Waals surface area contributed by atoms with Gasteiger partial charge in [0.1, 0.15) is 5.82 Å². The molecule has 0 unspecified atom stereocenters. The van der Waals surface area contributed by atoms with Gasteiger partial charge in [-0.15, -0.1) is 0 Å². The summed E-state index contributed by atoms with van der Waals surface area (Å²) in [5, 5.41) is 3.25. The smallest absolute Gasteiger partial charge is 0.251 e. The highest BCUT2D eigenvalue weighted by Crippen LogP contribution is 2.25. The van der Waals surface area contributed by atoms with Gasteiger partial charge >= 0.3 is 0 Å². The molecule has 0 amide bonds. The Hall–Kier alpha value is -1.46. The molecule has 0 saturated heterocycles. The van der Waals surface area contributed by atoms with Crippen LogP contribution in [0.5, 0.6) is 0 Å². The van der Waals surface area contributed by atoms with Gasteiger partial charge in [0, 0.05) is 22.6 Å². The zero-order valence-electron chi connectivity index (χ0n) is 11.7. The van der Waals surface area contributed by atoms with Gasteiger partial charge in [-0.1, -0.05) is 28.9 Å². The summed E-state index contributed by atoms with van der Waals surface area (Å²) in [6.07, 6.45) is 1.06. The van der Waals surface area contributed by atoms with Crippen LogP contribution in [0.4, 0.5) is 0 Å². The zero-order chi connectivity index (χ0) is 14.5. The predicted molar refractivity (Wildman–Crippen MR) is 84.7 cm³/mol. The standard InChI is InChI=1S/C15H18BrN3O/c1-3-6-17-9-11-8-14(20)19-15(18-11)12-5-4-10(2)7-13(12)16/h4-5,7-8,17H,3,6,9H2,1-2H3,(H,18,19,20). The van der Waals surface area contributed by atoms with Gasteiger partial charge < -0.3 is 10.3 Å². The van der Waals surface area contributed by atoms with Crippen LogP contribution in [-0.4, -0.2) is 16.5 Å². The molecule has 2 rings (SSSR count). The molecule has 0 fully saturated rings. The van der Waals surface area contributed by atoms with Crippen LogP contribution < -0.4 is 10.9 Å². The van der Waals surface area contributed by atoms with Gasteiger partial charge in [0.2, 0.25) is 0 Å². The number of hydrogen-bond acceptors (Lipinski definition) is 3. The highest BCUT2D eigenvalue weighted by atomic mass is 79.9. The number of aryl methyl sites for hydroxylation is 1. The van der Waals surface area contributed by atoms with Gasteiger partial charge in [0.25, 0.3) is 5.56 Å². The molecule has 1 aromatic heterocycles. The van der Waals surface area contributed by atoms with E-state index in [-0.39, 0.29) is 5.56 Å². The van der Waals surface area contributed by atoms with Crippen LogP contribution in [0.15, 0.2) is 33.5 Å². The molecule has 2 N–H and O–H groups in total. The summed E-state index contributed by atoms with van der Waals surface area (Å²) in [6, 6.07) is 7.51. The number of nitrogens with zero attached hydrogens (tertiary/aromatic N) is 1. The summed E-state index contributed by atoms with van der Waals surface area (Å²) in [5.41, 5.74) is 2.68. The quantitative estimate of drug-likeness (QED) is 0.826. The highest BCUT2D eigenvalue weighted by Gasteiger charge is 2.07. The van der Waals surface area contributed by atoms with Gasteiger partial charge in [0.05, 0.1) is 5.69 Å². The molecular weight excluding hydrogens is 318 g/mol. The highest BCUT2D eigenvalue weighted by molar-refractivity contribution is 9.10. The van der Waals surface area contributed by atoms with Crippen molar-refractivity contribution in [3.63, 3.8) is 0 Å². The average Bonchev–Trinajstić information content (AvgIpc) is 2.38. The number of aromatic amines is 1. The van der Waals surface area contributed by atoms with E-state index in [0.29, 0.717) is 12.4 Å². The fourth-order valence-electron chi connectivity index (χ4n) is 1.93. The van der Waals surface area contributed by atoms with Crippen LogP contribution in [0.1, 0.15) is 24.6 Å². The summed E-state index contributed by atoms with van der Waals surface area (Å²) in [5.74, 6) is 0.595. The van der Waals surface area contributed by atoms with Crippen LogP contribution in [0, 0.1) is 6.92 Å². The van der Waals surface area contributed by atoms with E-state index in [1.54, 1.807) is 0 Å². The molecular formula is C15H18BrN3O. The first-order chi connectivity index (χ1) is 9.60. The van der Waals surface area contributed by atoms with Crippen LogP contribution in [0.2, 0.25) is 0 Å². The van der Waals surface area contributed by atoms with E-state index >= 15 is 0 Å². The summed E-state index contributed by atoms with van der Waals surface area (Å²) in [6.45, 7) is 5.65. The maximum absolute atomic E-state index is 11.8. The Bertz CT molecular complexity index is 652. The molecule has 0 radical (unpaired) electrons. The van der Waals surface area contributed by atoms with Crippen LogP contribution in [0.3, 0.4) is 0 Å². The number of benzene rings is 1. The third-order valence-corrected chi connectivity index (χ3v) is 3.56. The minimum atomic E-state index is -0.129. The lowest BCUT2D eigenvalue weighted by atomic mass is 10.1. The molecule has 20 heavy (non-hydrogen) atoms. The molecule has 1 aromatic carbocycles. The molecule has 2 aromatic rings. The van der Waals surface area contributed by atoms with Crippen LogP contribution in [0.25, 0.3) is 11.4 Å². The maximum atomic E-state index is 11.8. The normalized spacial score (nSPS) is 10.8. The van der Waals surface area contributed by atoms with Crippen molar-refractivity contribution in [3.8, 4) is 11.4 Å². The number of rotatable bonds is 5. The van der Waals surface area contributed by atoms with Crippen molar-refractivity contribution < 1.29 is 0 Å². The number of halogens is 1. The first kappa shape index (κ1) is 14.9. The summed E-state index contributed by atoms with van der Waals surface area (Å²) >= 11 is 3.52. The van der Waals surface area contributed by atoms with Crippen LogP contribution in [-0.2, 0) is 6.54 Å². The van der Waals surface area contributed by atoms with E-state index in [0.717, 1.165) is 34.3 Å². The van der Waals surface area contributed by atoms with Crippen molar-refractivity contribution in [1.29, 1.82) is 0 Å². The Labute approximate surface area is 126 Å². The predicted octanol–water partition coefficient (Wildman–Crippen LogP) is 3.01. The first-order valence-corrected chi connectivity index (χ1v) is 7.47. The van der Waals surface area contributed by atoms with Crippen molar-refractivity contribution in [1.82, 2.24) is 15.3 Å². The molecule has 4 nitrogen and oxygen atoms in total. The topological polar surface area (TPSA) is 57.8 Å². The lowest BCUT2D eigenvalue weighted by Gasteiger charge is -2.07. The molecule has 5 heteroatoms. The van der Waals surface area contributed by atoms with Gasteiger partial charge in [-0.05, 0) is 37.6 Å². The molecule has 0 aliphatic rings. The van der Waals surface area contributed by atoms with Crippen LogP contribution >= 0.6 is 15.9 Å². The second kappa shape index (κ2) is 6.81. The second-order valence-corrected chi connectivity index (χ2v) is 5.60. The third-order valence-electron chi connectivity index (χ3n) is 2.91. The largest absolute Gasteiger partial charge is 0.311 e. The van der Waals surface area contributed by atoms with Gasteiger partial charge in [-0.2, -0.15) is 0 Å². The Kier molecular flexibility index (Phi) is 5.09. The Morgan fingerprint density at radius 1 is 1.35 bits per heavy atom. The van der Waals surface area contributed by atoms with E-state index in [2.05, 4.69) is 38.1 Å². The number of aromatic nitrogens is 2. The first-order valence-electron chi connectivity index (χ1n) is 6.67. The molecule has 0 aliphatic carbocycles. The van der Waals surface area contributed by atoms with Gasteiger partial charge in [-0.3, -0.25) is 4.79 Å². The van der Waals surface area contributed by atoms with Crippen molar-refractivity contribution in [2.45, 2.75) is 26.8 Å². The fourth-order valence-corrected chi connectivity index (χ4v) is 2.61. The van der Waals surface area contributed by atoms with Crippen molar-refractivity contribution in [2.24, 2.45) is 0 Å². The van der Waals surface area contributed by atoms with E-state index in [4.69, 9.17) is 0 Å². The summed E-state index contributed by atoms with van der Waals surface area (Å²) in [4.78, 5) is 19.1. The Morgan fingerprint density at radius 2 is 2.15 bits per heavy atom. The molecule has 0 bridgehead atoms. The number of nitrogens with one attached hydrogen (secondary N) is 2. The van der Waals surface area contributed by atoms with E-state index in [9.17, 15) is 4.79 Å². The Morgan fingerprint density at radius 3 is 2.85 bits per heavy atom. The van der Waals surface area contributed by atoms with Crippen molar-refractivity contribution >= 4 is 15.9 Å². The minimum absolute atomic E-state index is 0.129.